The second-order valence-electron chi connectivity index (χ2n) is 6.05. The summed E-state index contributed by atoms with van der Waals surface area (Å²) in [6, 6.07) is 12.0. The van der Waals surface area contributed by atoms with Crippen molar-refractivity contribution in [2.24, 2.45) is 0 Å². The topological polar surface area (TPSA) is 59.7 Å². The van der Waals surface area contributed by atoms with Crippen LogP contribution in [0, 0.1) is 18.6 Å². The molecule has 0 radical (unpaired) electrons. The van der Waals surface area contributed by atoms with E-state index in [1.807, 2.05) is 0 Å². The number of rotatable bonds is 3. The molecule has 0 saturated carbocycles. The van der Waals surface area contributed by atoms with E-state index in [2.05, 4.69) is 10.1 Å². The van der Waals surface area contributed by atoms with Crippen molar-refractivity contribution in [3.8, 4) is 34.0 Å². The number of halogens is 2. The fourth-order valence-corrected chi connectivity index (χ4v) is 3.03. The molecule has 0 aliphatic rings. The Labute approximate surface area is 181 Å². The summed E-state index contributed by atoms with van der Waals surface area (Å²) in [5, 5.41) is 14.6. The third-order valence-electron chi connectivity index (χ3n) is 4.33. The van der Waals surface area contributed by atoms with Crippen LogP contribution < -0.4 is 4.74 Å². The molecule has 8 heteroatoms. The summed E-state index contributed by atoms with van der Waals surface area (Å²) in [6.07, 6.45) is 0. The van der Waals surface area contributed by atoms with Crippen LogP contribution >= 0.6 is 0 Å². The predicted molar refractivity (Wildman–Crippen MR) is 104 cm³/mol. The Kier molecular flexibility index (Phi) is 5.69. The van der Waals surface area contributed by atoms with E-state index < -0.39 is 11.6 Å². The molecule has 0 aliphatic heterocycles. The third-order valence-corrected chi connectivity index (χ3v) is 4.33. The Morgan fingerprint density at radius 3 is 2.39 bits per heavy atom. The monoisotopic (exact) mass is 391 g/mol. The number of aryl methyl sites for hydroxylation is 1. The van der Waals surface area contributed by atoms with Crippen LogP contribution in [-0.4, -0.2) is 56.4 Å². The van der Waals surface area contributed by atoms with Crippen LogP contribution in [0.4, 0.5) is 8.78 Å². The average Bonchev–Trinajstić information content (AvgIpc) is 2.98. The van der Waals surface area contributed by atoms with Gasteiger partial charge in [-0.1, -0.05) is 0 Å². The molecule has 0 saturated heterocycles. The average molecular weight is 391 g/mol. The van der Waals surface area contributed by atoms with Crippen molar-refractivity contribution in [2.45, 2.75) is 6.92 Å². The first-order valence-corrected chi connectivity index (χ1v) is 8.17. The molecule has 138 valence electrons. The Balaban J connectivity index is 0.00000225. The van der Waals surface area contributed by atoms with E-state index in [0.717, 1.165) is 11.6 Å². The summed E-state index contributed by atoms with van der Waals surface area (Å²) in [6.45, 7) is 1.68. The summed E-state index contributed by atoms with van der Waals surface area (Å²) in [5.41, 5.74) is 2.56. The van der Waals surface area contributed by atoms with E-state index in [0.29, 0.717) is 22.7 Å². The van der Waals surface area contributed by atoms with E-state index >= 15 is 0 Å². The Morgan fingerprint density at radius 2 is 1.75 bits per heavy atom. The van der Waals surface area contributed by atoms with Crippen LogP contribution in [0.1, 0.15) is 5.69 Å². The standard InChI is InChI=1S/C20H15F2N3O2.Na.H/c1-11-19(15-8-5-13(21)9-16(15)22)20-23-17(10-18(26)25(20)24-11)12-3-6-14(27-2)7-4-12;;/h3-10,26H,1-2H3;;. The van der Waals surface area contributed by atoms with E-state index in [-0.39, 0.29) is 46.6 Å². The fourth-order valence-electron chi connectivity index (χ4n) is 3.03. The summed E-state index contributed by atoms with van der Waals surface area (Å²) in [4.78, 5) is 4.56. The molecule has 2 aromatic heterocycles. The Bertz CT molecular complexity index is 1160. The first-order valence-electron chi connectivity index (χ1n) is 8.17. The van der Waals surface area contributed by atoms with Gasteiger partial charge in [0.1, 0.15) is 17.4 Å². The van der Waals surface area contributed by atoms with Gasteiger partial charge in [-0.05, 0) is 43.3 Å². The number of aromatic hydroxyl groups is 1. The number of aromatic nitrogens is 3. The van der Waals surface area contributed by atoms with Gasteiger partial charge in [0.2, 0.25) is 5.88 Å². The van der Waals surface area contributed by atoms with E-state index in [9.17, 15) is 13.9 Å². The van der Waals surface area contributed by atoms with Gasteiger partial charge in [-0.25, -0.2) is 13.8 Å². The SMILES string of the molecule is COc1ccc(-c2cc(O)n3nc(C)c(-c4ccc(F)cc4F)c3n2)cc1.[NaH]. The third kappa shape index (κ3) is 3.48. The van der Waals surface area contributed by atoms with Gasteiger partial charge in [0, 0.05) is 23.3 Å². The number of nitrogens with zero attached hydrogens (tertiary/aromatic N) is 3. The molecule has 28 heavy (non-hydrogen) atoms. The van der Waals surface area contributed by atoms with Gasteiger partial charge in [0.05, 0.1) is 24.1 Å². The molecule has 0 atom stereocenters. The van der Waals surface area contributed by atoms with Crippen molar-refractivity contribution in [1.29, 1.82) is 0 Å². The zero-order valence-corrected chi connectivity index (χ0v) is 14.6. The zero-order chi connectivity index (χ0) is 19.1. The first kappa shape index (κ1) is 20.3. The predicted octanol–water partition coefficient (Wildman–Crippen LogP) is 3.72. The molecule has 5 nitrogen and oxygen atoms in total. The van der Waals surface area contributed by atoms with Gasteiger partial charge in [0.25, 0.3) is 0 Å². The number of benzene rings is 2. The molecule has 0 unspecified atom stereocenters. The molecular formula is C20H16F2N3NaO2. The molecular weight excluding hydrogens is 375 g/mol. The summed E-state index contributed by atoms with van der Waals surface area (Å²) in [5.74, 6) is -0.828. The first-order chi connectivity index (χ1) is 13.0. The number of hydrogen-bond acceptors (Lipinski definition) is 4. The zero-order valence-electron chi connectivity index (χ0n) is 14.6. The second kappa shape index (κ2) is 7.87. The molecule has 0 spiro atoms. The second-order valence-corrected chi connectivity index (χ2v) is 6.05. The summed E-state index contributed by atoms with van der Waals surface area (Å²) < 4.78 is 34.0. The van der Waals surface area contributed by atoms with Gasteiger partial charge < -0.3 is 9.84 Å². The van der Waals surface area contributed by atoms with Crippen molar-refractivity contribution >= 4 is 35.2 Å². The van der Waals surface area contributed by atoms with E-state index in [1.165, 1.54) is 22.7 Å². The molecule has 2 heterocycles. The van der Waals surface area contributed by atoms with Crippen LogP contribution in [0.25, 0.3) is 28.0 Å². The van der Waals surface area contributed by atoms with Crippen molar-refractivity contribution < 1.29 is 18.6 Å². The van der Waals surface area contributed by atoms with Gasteiger partial charge in [-0.2, -0.15) is 9.61 Å². The maximum atomic E-state index is 14.3. The molecule has 2 aromatic carbocycles. The number of methoxy groups -OCH3 is 1. The van der Waals surface area contributed by atoms with Gasteiger partial charge in [-0.15, -0.1) is 0 Å². The molecule has 0 aliphatic carbocycles. The minimum absolute atomic E-state index is 0. The van der Waals surface area contributed by atoms with E-state index in [1.54, 1.807) is 38.3 Å². The van der Waals surface area contributed by atoms with E-state index in [4.69, 9.17) is 4.74 Å². The number of hydrogen-bond donors (Lipinski definition) is 1. The van der Waals surface area contributed by atoms with Gasteiger partial charge in [-0.3, -0.25) is 0 Å². The normalized spacial score (nSPS) is 10.7. The van der Waals surface area contributed by atoms with Gasteiger partial charge in [0.15, 0.2) is 5.65 Å². The van der Waals surface area contributed by atoms with Crippen molar-refractivity contribution in [2.75, 3.05) is 7.11 Å². The molecule has 4 aromatic rings. The number of ether oxygens (including phenoxy) is 1. The van der Waals surface area contributed by atoms with Crippen LogP contribution in [0.2, 0.25) is 0 Å². The molecule has 4 rings (SSSR count). The number of fused-ring (bicyclic) bond motifs is 1. The molecule has 1 N–H and O–H groups in total. The minimum atomic E-state index is -0.718. The molecule has 0 fully saturated rings. The van der Waals surface area contributed by atoms with Crippen LogP contribution in [0.5, 0.6) is 11.6 Å². The van der Waals surface area contributed by atoms with Crippen molar-refractivity contribution in [3.05, 3.63) is 65.9 Å². The quantitative estimate of drug-likeness (QED) is 0.541. The summed E-state index contributed by atoms with van der Waals surface area (Å²) >= 11 is 0. The maximum absolute atomic E-state index is 14.3. The van der Waals surface area contributed by atoms with Crippen LogP contribution in [-0.2, 0) is 0 Å². The van der Waals surface area contributed by atoms with Crippen LogP contribution in [0.15, 0.2) is 48.5 Å². The van der Waals surface area contributed by atoms with Gasteiger partial charge >= 0.3 is 29.6 Å². The van der Waals surface area contributed by atoms with Crippen LogP contribution in [0.3, 0.4) is 0 Å². The molecule has 0 bridgehead atoms. The van der Waals surface area contributed by atoms with Crippen molar-refractivity contribution in [3.63, 3.8) is 0 Å². The van der Waals surface area contributed by atoms with Crippen molar-refractivity contribution in [1.82, 2.24) is 14.6 Å². The summed E-state index contributed by atoms with van der Waals surface area (Å²) in [7, 11) is 1.57. The molecule has 0 amide bonds. The Hall–Kier alpha value is -2.48. The fraction of sp³-hybridized carbons (Fsp3) is 0.100. The Morgan fingerprint density at radius 1 is 1.04 bits per heavy atom.